The van der Waals surface area contributed by atoms with Gasteiger partial charge in [-0.15, -0.1) is 0 Å². The Hall–Kier alpha value is -3.00. The van der Waals surface area contributed by atoms with Crippen molar-refractivity contribution in [3.05, 3.63) is 65.7 Å². The van der Waals surface area contributed by atoms with Crippen LogP contribution in [0.15, 0.2) is 48.5 Å². The van der Waals surface area contributed by atoms with Gasteiger partial charge in [0, 0.05) is 38.3 Å². The predicted octanol–water partition coefficient (Wildman–Crippen LogP) is 1.80. The van der Waals surface area contributed by atoms with Crippen LogP contribution < -0.4 is 10.1 Å². The van der Waals surface area contributed by atoms with E-state index in [4.69, 9.17) is 4.74 Å². The number of ether oxygens (including phenoxy) is 1. The minimum atomic E-state index is -0.363. The largest absolute Gasteiger partial charge is 0.484 e. The number of nitrogens with one attached hydrogen (secondary N) is 1. The van der Waals surface area contributed by atoms with Crippen molar-refractivity contribution in [3.63, 3.8) is 0 Å². The van der Waals surface area contributed by atoms with Crippen molar-refractivity contribution in [2.45, 2.75) is 6.54 Å². The first kappa shape index (κ1) is 20.7. The molecule has 2 aromatic rings. The van der Waals surface area contributed by atoms with E-state index in [1.165, 1.54) is 30.3 Å². The fourth-order valence-electron chi connectivity index (χ4n) is 3.02. The van der Waals surface area contributed by atoms with Crippen molar-refractivity contribution in [2.24, 2.45) is 0 Å². The summed E-state index contributed by atoms with van der Waals surface area (Å²) in [6.45, 7) is 2.34. The number of carbonyl (C=O) groups excluding carboxylic acids is 2. The lowest BCUT2D eigenvalue weighted by Gasteiger charge is -2.34. The Labute approximate surface area is 168 Å². The van der Waals surface area contributed by atoms with Crippen LogP contribution in [0.25, 0.3) is 0 Å². The van der Waals surface area contributed by atoms with Crippen LogP contribution >= 0.6 is 0 Å². The molecule has 154 valence electrons. The molecule has 3 rings (SSSR count). The highest BCUT2D eigenvalue weighted by Gasteiger charge is 2.22. The zero-order chi connectivity index (χ0) is 20.6. The number of rotatable bonds is 7. The van der Waals surface area contributed by atoms with Gasteiger partial charge in [-0.2, -0.15) is 0 Å². The van der Waals surface area contributed by atoms with Crippen molar-refractivity contribution in [1.82, 2.24) is 15.1 Å². The summed E-state index contributed by atoms with van der Waals surface area (Å²) >= 11 is 0. The van der Waals surface area contributed by atoms with Gasteiger partial charge in [-0.25, -0.2) is 8.78 Å². The molecule has 0 aliphatic carbocycles. The quantitative estimate of drug-likeness (QED) is 0.766. The van der Waals surface area contributed by atoms with E-state index in [0.29, 0.717) is 37.5 Å². The first-order chi connectivity index (χ1) is 14.0. The number of halogens is 2. The van der Waals surface area contributed by atoms with Gasteiger partial charge >= 0.3 is 0 Å². The normalized spacial score (nSPS) is 14.5. The number of piperazine rings is 1. The van der Waals surface area contributed by atoms with E-state index in [0.717, 1.165) is 0 Å². The first-order valence-corrected chi connectivity index (χ1v) is 9.40. The number of hydrogen-bond donors (Lipinski definition) is 1. The van der Waals surface area contributed by atoms with Gasteiger partial charge < -0.3 is 15.0 Å². The highest BCUT2D eigenvalue weighted by atomic mass is 19.1. The topological polar surface area (TPSA) is 61.9 Å². The SMILES string of the molecule is O=C(CN1CCN(C(=O)COc2ccc(F)cc2)CC1)NCc1ccccc1F. The van der Waals surface area contributed by atoms with E-state index in [9.17, 15) is 18.4 Å². The van der Waals surface area contributed by atoms with Gasteiger partial charge in [0.15, 0.2) is 6.61 Å². The molecule has 1 aliphatic heterocycles. The lowest BCUT2D eigenvalue weighted by atomic mass is 10.2. The lowest BCUT2D eigenvalue weighted by Crippen LogP contribution is -2.52. The number of benzene rings is 2. The molecule has 0 spiro atoms. The van der Waals surface area contributed by atoms with Crippen LogP contribution in [0.2, 0.25) is 0 Å². The van der Waals surface area contributed by atoms with Crippen LogP contribution in [-0.2, 0) is 16.1 Å². The molecule has 8 heteroatoms. The van der Waals surface area contributed by atoms with Gasteiger partial charge in [0.05, 0.1) is 6.54 Å². The molecular weight excluding hydrogens is 380 g/mol. The Kier molecular flexibility index (Phi) is 7.13. The van der Waals surface area contributed by atoms with Gasteiger partial charge in [-0.05, 0) is 30.3 Å². The summed E-state index contributed by atoms with van der Waals surface area (Å²) in [5, 5.41) is 2.72. The molecule has 1 heterocycles. The monoisotopic (exact) mass is 403 g/mol. The second kappa shape index (κ2) is 9.97. The lowest BCUT2D eigenvalue weighted by molar-refractivity contribution is -0.135. The second-order valence-corrected chi connectivity index (χ2v) is 6.77. The molecule has 0 bridgehead atoms. The first-order valence-electron chi connectivity index (χ1n) is 9.40. The van der Waals surface area contributed by atoms with Crippen molar-refractivity contribution in [3.8, 4) is 5.75 Å². The number of hydrogen-bond acceptors (Lipinski definition) is 4. The third kappa shape index (κ3) is 6.25. The van der Waals surface area contributed by atoms with Crippen LogP contribution in [0.5, 0.6) is 5.75 Å². The highest BCUT2D eigenvalue weighted by molar-refractivity contribution is 5.79. The summed E-state index contributed by atoms with van der Waals surface area (Å²) in [4.78, 5) is 28.0. The standard InChI is InChI=1S/C21H23F2N3O3/c22-17-5-7-18(8-6-17)29-15-21(28)26-11-9-25(10-12-26)14-20(27)24-13-16-3-1-2-4-19(16)23/h1-8H,9-15H2,(H,24,27). The maximum Gasteiger partial charge on any atom is 0.260 e. The van der Waals surface area contributed by atoms with E-state index >= 15 is 0 Å². The molecule has 1 aliphatic rings. The molecule has 0 atom stereocenters. The van der Waals surface area contributed by atoms with E-state index in [2.05, 4.69) is 5.32 Å². The molecule has 0 unspecified atom stereocenters. The molecule has 6 nitrogen and oxygen atoms in total. The molecule has 1 saturated heterocycles. The van der Waals surface area contributed by atoms with Gasteiger partial charge in [-0.1, -0.05) is 18.2 Å². The Morgan fingerprint density at radius 3 is 2.34 bits per heavy atom. The fraction of sp³-hybridized carbons (Fsp3) is 0.333. The Bertz CT molecular complexity index is 837. The molecule has 0 aromatic heterocycles. The Balaban J connectivity index is 1.36. The van der Waals surface area contributed by atoms with Crippen molar-refractivity contribution in [2.75, 3.05) is 39.3 Å². The van der Waals surface area contributed by atoms with Crippen LogP contribution in [0.3, 0.4) is 0 Å². The zero-order valence-corrected chi connectivity index (χ0v) is 15.9. The third-order valence-corrected chi connectivity index (χ3v) is 4.70. The summed E-state index contributed by atoms with van der Waals surface area (Å²) in [5.41, 5.74) is 0.442. The fourth-order valence-corrected chi connectivity index (χ4v) is 3.02. The number of amides is 2. The molecule has 2 aromatic carbocycles. The number of nitrogens with zero attached hydrogens (tertiary/aromatic N) is 2. The van der Waals surface area contributed by atoms with E-state index < -0.39 is 0 Å². The van der Waals surface area contributed by atoms with Crippen molar-refractivity contribution >= 4 is 11.8 Å². The van der Waals surface area contributed by atoms with E-state index in [-0.39, 0.29) is 43.1 Å². The smallest absolute Gasteiger partial charge is 0.260 e. The average molecular weight is 403 g/mol. The van der Waals surface area contributed by atoms with Crippen molar-refractivity contribution < 1.29 is 23.1 Å². The Morgan fingerprint density at radius 1 is 0.966 bits per heavy atom. The van der Waals surface area contributed by atoms with E-state index in [1.807, 2.05) is 4.90 Å². The minimum absolute atomic E-state index is 0.116. The summed E-state index contributed by atoms with van der Waals surface area (Å²) in [6.07, 6.45) is 0. The molecule has 1 N–H and O–H groups in total. The maximum atomic E-state index is 13.6. The molecule has 0 saturated carbocycles. The van der Waals surface area contributed by atoms with Gasteiger partial charge in [0.1, 0.15) is 17.4 Å². The molecule has 0 radical (unpaired) electrons. The molecule has 29 heavy (non-hydrogen) atoms. The van der Waals surface area contributed by atoms with Gasteiger partial charge in [0.2, 0.25) is 5.91 Å². The van der Waals surface area contributed by atoms with Gasteiger partial charge in [0.25, 0.3) is 5.91 Å². The van der Waals surface area contributed by atoms with Gasteiger partial charge in [-0.3, -0.25) is 14.5 Å². The predicted molar refractivity (Wildman–Crippen MR) is 103 cm³/mol. The van der Waals surface area contributed by atoms with Crippen LogP contribution in [-0.4, -0.2) is 60.9 Å². The summed E-state index contributed by atoms with van der Waals surface area (Å²) in [5.74, 6) is -0.615. The minimum Gasteiger partial charge on any atom is -0.484 e. The third-order valence-electron chi connectivity index (χ3n) is 4.70. The molecule has 2 amide bonds. The Morgan fingerprint density at radius 2 is 1.66 bits per heavy atom. The van der Waals surface area contributed by atoms with Crippen LogP contribution in [0.4, 0.5) is 8.78 Å². The summed E-state index contributed by atoms with van der Waals surface area (Å²) < 4.78 is 31.8. The molecule has 1 fully saturated rings. The maximum absolute atomic E-state index is 13.6. The van der Waals surface area contributed by atoms with Crippen LogP contribution in [0.1, 0.15) is 5.56 Å². The highest BCUT2D eigenvalue weighted by Crippen LogP contribution is 2.11. The van der Waals surface area contributed by atoms with Crippen LogP contribution in [0, 0.1) is 11.6 Å². The zero-order valence-electron chi connectivity index (χ0n) is 15.9. The van der Waals surface area contributed by atoms with E-state index in [1.54, 1.807) is 23.1 Å². The average Bonchev–Trinajstić information content (AvgIpc) is 2.73. The number of carbonyl (C=O) groups is 2. The summed E-state index contributed by atoms with van der Waals surface area (Å²) in [6, 6.07) is 11.8. The summed E-state index contributed by atoms with van der Waals surface area (Å²) in [7, 11) is 0. The van der Waals surface area contributed by atoms with Crippen molar-refractivity contribution in [1.29, 1.82) is 0 Å². The second-order valence-electron chi connectivity index (χ2n) is 6.77. The molecular formula is C21H23F2N3O3.